The molecule has 2 aromatic rings. The number of benzene rings is 1. The highest BCUT2D eigenvalue weighted by Gasteiger charge is 2.28. The summed E-state index contributed by atoms with van der Waals surface area (Å²) in [7, 11) is 1.94. The van der Waals surface area contributed by atoms with Crippen molar-refractivity contribution in [2.75, 3.05) is 26.2 Å². The van der Waals surface area contributed by atoms with E-state index in [2.05, 4.69) is 18.3 Å². The summed E-state index contributed by atoms with van der Waals surface area (Å²) in [6.07, 6.45) is 3.86. The van der Waals surface area contributed by atoms with Crippen molar-refractivity contribution in [1.82, 2.24) is 19.7 Å². The van der Waals surface area contributed by atoms with Crippen LogP contribution in [0.1, 0.15) is 41.7 Å². The van der Waals surface area contributed by atoms with Gasteiger partial charge in [0.1, 0.15) is 5.69 Å². The monoisotopic (exact) mass is 368 g/mol. The number of hydrogen-bond donors (Lipinski definition) is 1. The smallest absolute Gasteiger partial charge is 0.319 e. The number of amides is 3. The van der Waals surface area contributed by atoms with E-state index in [0.717, 1.165) is 49.7 Å². The molecule has 2 aliphatic heterocycles. The van der Waals surface area contributed by atoms with Crippen LogP contribution in [0.3, 0.4) is 0 Å². The summed E-state index contributed by atoms with van der Waals surface area (Å²) in [4.78, 5) is 29.2. The first-order valence-electron chi connectivity index (χ1n) is 9.94. The van der Waals surface area contributed by atoms with E-state index < -0.39 is 0 Å². The zero-order chi connectivity index (χ0) is 19.0. The van der Waals surface area contributed by atoms with Crippen molar-refractivity contribution in [2.45, 2.75) is 38.6 Å². The van der Waals surface area contributed by atoms with Gasteiger partial charge in [-0.25, -0.2) is 4.79 Å². The van der Waals surface area contributed by atoms with Gasteiger partial charge in [-0.2, -0.15) is 0 Å². The number of carbonyl (C=O) groups is 2. The molecule has 2 fully saturated rings. The van der Waals surface area contributed by atoms with Gasteiger partial charge >= 0.3 is 6.03 Å². The molecule has 2 aliphatic rings. The van der Waals surface area contributed by atoms with E-state index in [4.69, 9.17) is 0 Å². The minimum Gasteiger partial charge on any atom is -0.348 e. The van der Waals surface area contributed by atoms with E-state index in [0.29, 0.717) is 18.8 Å². The molecule has 27 heavy (non-hydrogen) atoms. The molecular weight excluding hydrogens is 340 g/mol. The molecule has 144 valence electrons. The Labute approximate surface area is 160 Å². The minimum absolute atomic E-state index is 0.0302. The summed E-state index contributed by atoms with van der Waals surface area (Å²) < 4.78 is 1.96. The second kappa shape index (κ2) is 7.25. The molecule has 0 saturated carbocycles. The van der Waals surface area contributed by atoms with Crippen LogP contribution >= 0.6 is 0 Å². The number of carbonyl (C=O) groups excluding carboxylic acids is 2. The third kappa shape index (κ3) is 3.40. The number of fused-ring (bicyclic) bond motifs is 1. The van der Waals surface area contributed by atoms with Crippen molar-refractivity contribution in [3.8, 4) is 0 Å². The van der Waals surface area contributed by atoms with E-state index in [-0.39, 0.29) is 18.0 Å². The van der Waals surface area contributed by atoms with E-state index in [1.165, 1.54) is 5.56 Å². The van der Waals surface area contributed by atoms with Gasteiger partial charge in [-0.1, -0.05) is 12.1 Å². The molecule has 1 N–H and O–H groups in total. The summed E-state index contributed by atoms with van der Waals surface area (Å²) in [6, 6.07) is 8.40. The quantitative estimate of drug-likeness (QED) is 0.886. The van der Waals surface area contributed by atoms with Gasteiger partial charge < -0.3 is 19.7 Å². The fraction of sp³-hybridized carbons (Fsp3) is 0.524. The maximum Gasteiger partial charge on any atom is 0.319 e. The molecule has 4 rings (SSSR count). The summed E-state index contributed by atoms with van der Waals surface area (Å²) in [6.45, 7) is 5.27. The molecule has 0 unspecified atom stereocenters. The summed E-state index contributed by atoms with van der Waals surface area (Å²) in [5.41, 5.74) is 2.94. The number of hydrogen-bond acceptors (Lipinski definition) is 2. The average Bonchev–Trinajstić information content (AvgIpc) is 3.31. The van der Waals surface area contributed by atoms with Gasteiger partial charge in [0.15, 0.2) is 0 Å². The molecule has 1 aromatic heterocycles. The fourth-order valence-corrected chi connectivity index (χ4v) is 4.31. The SMILES string of the molecule is Cc1cccc2c1cc(C(=O)NC1CCN(C(=O)N3CCCC3)CC1)n2C. The molecular formula is C21H28N4O2. The summed E-state index contributed by atoms with van der Waals surface area (Å²) >= 11 is 0. The molecule has 6 heteroatoms. The van der Waals surface area contributed by atoms with Crippen LogP contribution in [0, 0.1) is 6.92 Å². The van der Waals surface area contributed by atoms with Crippen molar-refractivity contribution in [2.24, 2.45) is 7.05 Å². The number of nitrogens with zero attached hydrogens (tertiary/aromatic N) is 3. The standard InChI is InChI=1S/C21H28N4O2/c1-15-6-5-7-18-17(15)14-19(23(18)2)20(26)22-16-8-12-25(13-9-16)21(27)24-10-3-4-11-24/h5-7,14,16H,3-4,8-13H2,1-2H3,(H,22,26). The zero-order valence-electron chi connectivity index (χ0n) is 16.2. The van der Waals surface area contributed by atoms with Gasteiger partial charge in [-0.3, -0.25) is 4.79 Å². The molecule has 2 saturated heterocycles. The van der Waals surface area contributed by atoms with E-state index in [9.17, 15) is 9.59 Å². The molecule has 0 atom stereocenters. The highest BCUT2D eigenvalue weighted by molar-refractivity contribution is 5.99. The number of likely N-dealkylation sites (tertiary alicyclic amines) is 2. The van der Waals surface area contributed by atoms with Gasteiger partial charge in [0, 0.05) is 50.2 Å². The van der Waals surface area contributed by atoms with Crippen LogP contribution in [-0.2, 0) is 7.05 Å². The van der Waals surface area contributed by atoms with Gasteiger partial charge in [-0.15, -0.1) is 0 Å². The summed E-state index contributed by atoms with van der Waals surface area (Å²) in [5.74, 6) is -0.0302. The normalized spacial score (nSPS) is 18.3. The Hall–Kier alpha value is -2.50. The van der Waals surface area contributed by atoms with Crippen LogP contribution in [0.15, 0.2) is 24.3 Å². The molecule has 0 bridgehead atoms. The zero-order valence-corrected chi connectivity index (χ0v) is 16.2. The van der Waals surface area contributed by atoms with Gasteiger partial charge in [0.2, 0.25) is 0 Å². The first kappa shape index (κ1) is 17.9. The topological polar surface area (TPSA) is 57.6 Å². The maximum absolute atomic E-state index is 12.8. The first-order valence-corrected chi connectivity index (χ1v) is 9.94. The molecule has 0 aliphatic carbocycles. The highest BCUT2D eigenvalue weighted by Crippen LogP contribution is 2.23. The number of nitrogens with one attached hydrogen (secondary N) is 1. The third-order valence-electron chi connectivity index (χ3n) is 6.01. The average molecular weight is 368 g/mol. The lowest BCUT2D eigenvalue weighted by atomic mass is 10.1. The van der Waals surface area contributed by atoms with Crippen molar-refractivity contribution in [3.05, 3.63) is 35.5 Å². The second-order valence-electron chi connectivity index (χ2n) is 7.81. The lowest BCUT2D eigenvalue weighted by Gasteiger charge is -2.34. The van der Waals surface area contributed by atoms with Gasteiger partial charge in [0.05, 0.1) is 0 Å². The van der Waals surface area contributed by atoms with Crippen LogP contribution in [-0.4, -0.2) is 58.5 Å². The Morgan fingerprint density at radius 1 is 1.04 bits per heavy atom. The number of piperidine rings is 1. The summed E-state index contributed by atoms with van der Waals surface area (Å²) in [5, 5.41) is 4.30. The first-order chi connectivity index (χ1) is 13.0. The number of aromatic nitrogens is 1. The van der Waals surface area contributed by atoms with Crippen LogP contribution in [0.5, 0.6) is 0 Å². The van der Waals surface area contributed by atoms with Crippen molar-refractivity contribution >= 4 is 22.8 Å². The molecule has 6 nitrogen and oxygen atoms in total. The maximum atomic E-state index is 12.8. The second-order valence-corrected chi connectivity index (χ2v) is 7.81. The molecule has 1 aromatic carbocycles. The third-order valence-corrected chi connectivity index (χ3v) is 6.01. The largest absolute Gasteiger partial charge is 0.348 e. The van der Waals surface area contributed by atoms with Crippen molar-refractivity contribution in [1.29, 1.82) is 0 Å². The lowest BCUT2D eigenvalue weighted by Crippen LogP contribution is -2.50. The Kier molecular flexibility index (Phi) is 4.81. The Morgan fingerprint density at radius 2 is 1.70 bits per heavy atom. The molecule has 3 amide bonds. The minimum atomic E-state index is -0.0302. The van der Waals surface area contributed by atoms with Crippen LogP contribution in [0.2, 0.25) is 0 Å². The van der Waals surface area contributed by atoms with Gasteiger partial charge in [-0.05, 0) is 50.3 Å². The molecule has 0 radical (unpaired) electrons. The Bertz CT molecular complexity index is 858. The number of urea groups is 1. The van der Waals surface area contributed by atoms with Crippen LogP contribution < -0.4 is 5.32 Å². The van der Waals surface area contributed by atoms with Crippen molar-refractivity contribution < 1.29 is 9.59 Å². The number of rotatable bonds is 2. The lowest BCUT2D eigenvalue weighted by molar-refractivity contribution is 0.0905. The Balaban J connectivity index is 1.38. The number of aryl methyl sites for hydroxylation is 2. The van der Waals surface area contributed by atoms with E-state index in [1.54, 1.807) is 0 Å². The van der Waals surface area contributed by atoms with Crippen LogP contribution in [0.25, 0.3) is 10.9 Å². The predicted octanol–water partition coefficient (Wildman–Crippen LogP) is 2.90. The van der Waals surface area contributed by atoms with E-state index in [1.807, 2.05) is 39.6 Å². The highest BCUT2D eigenvalue weighted by atomic mass is 16.2. The molecule has 0 spiro atoms. The predicted molar refractivity (Wildman–Crippen MR) is 106 cm³/mol. The molecule has 3 heterocycles. The van der Waals surface area contributed by atoms with Gasteiger partial charge in [0.25, 0.3) is 5.91 Å². The van der Waals surface area contributed by atoms with E-state index >= 15 is 0 Å². The fourth-order valence-electron chi connectivity index (χ4n) is 4.31. The van der Waals surface area contributed by atoms with Crippen LogP contribution in [0.4, 0.5) is 4.79 Å². The Morgan fingerprint density at radius 3 is 2.37 bits per heavy atom. The van der Waals surface area contributed by atoms with Crippen molar-refractivity contribution in [3.63, 3.8) is 0 Å².